The van der Waals surface area contributed by atoms with Crippen LogP contribution in [-0.2, 0) is 4.74 Å². The van der Waals surface area contributed by atoms with Crippen molar-refractivity contribution in [2.45, 2.75) is 25.0 Å². The number of para-hydroxylation sites is 1. The number of nitrogen functional groups attached to an aromatic ring is 1. The Hall–Kier alpha value is -1.82. The van der Waals surface area contributed by atoms with Crippen LogP contribution < -0.4 is 11.1 Å². The molecule has 0 spiro atoms. The third kappa shape index (κ3) is 2.31. The molecule has 1 aromatic carbocycles. The Labute approximate surface area is 98.9 Å². The molecule has 6 nitrogen and oxygen atoms in total. The quantitative estimate of drug-likeness (QED) is 0.473. The van der Waals surface area contributed by atoms with Crippen molar-refractivity contribution in [2.24, 2.45) is 0 Å². The lowest BCUT2D eigenvalue weighted by molar-refractivity contribution is -0.383. The second-order valence-corrected chi connectivity index (χ2v) is 4.17. The second kappa shape index (κ2) is 4.58. The number of anilines is 2. The van der Waals surface area contributed by atoms with Crippen LogP contribution in [0.4, 0.5) is 17.1 Å². The van der Waals surface area contributed by atoms with Gasteiger partial charge in [-0.25, -0.2) is 0 Å². The van der Waals surface area contributed by atoms with Gasteiger partial charge < -0.3 is 15.8 Å². The third-order valence-corrected chi connectivity index (χ3v) is 3.04. The summed E-state index contributed by atoms with van der Waals surface area (Å²) >= 11 is 0. The monoisotopic (exact) mass is 237 g/mol. The van der Waals surface area contributed by atoms with E-state index in [0.29, 0.717) is 5.69 Å². The van der Waals surface area contributed by atoms with Crippen molar-refractivity contribution in [3.63, 3.8) is 0 Å². The average Bonchev–Trinajstić information content (AvgIpc) is 2.22. The number of nitro groups is 1. The van der Waals surface area contributed by atoms with Crippen molar-refractivity contribution in [3.05, 3.63) is 28.3 Å². The van der Waals surface area contributed by atoms with Crippen molar-refractivity contribution in [1.29, 1.82) is 0 Å². The molecule has 0 amide bonds. The van der Waals surface area contributed by atoms with Crippen LogP contribution in [0.3, 0.4) is 0 Å². The summed E-state index contributed by atoms with van der Waals surface area (Å²) in [5, 5.41) is 14.0. The summed E-state index contributed by atoms with van der Waals surface area (Å²) in [7, 11) is 1.67. The molecule has 0 saturated heterocycles. The molecule has 0 heterocycles. The number of hydrogen-bond donors (Lipinski definition) is 2. The first kappa shape index (κ1) is 11.7. The van der Waals surface area contributed by atoms with E-state index >= 15 is 0 Å². The molecular formula is C11H15N3O3. The number of benzene rings is 1. The van der Waals surface area contributed by atoms with Gasteiger partial charge in [-0.05, 0) is 25.0 Å². The lowest BCUT2D eigenvalue weighted by atomic mass is 9.89. The van der Waals surface area contributed by atoms with Crippen LogP contribution in [0.1, 0.15) is 12.8 Å². The molecule has 0 atom stereocenters. The van der Waals surface area contributed by atoms with Crippen LogP contribution >= 0.6 is 0 Å². The van der Waals surface area contributed by atoms with Crippen molar-refractivity contribution in [3.8, 4) is 0 Å². The van der Waals surface area contributed by atoms with Crippen LogP contribution in [-0.4, -0.2) is 24.2 Å². The van der Waals surface area contributed by atoms with Gasteiger partial charge in [0.15, 0.2) is 0 Å². The Kier molecular flexibility index (Phi) is 3.14. The normalized spacial score (nSPS) is 22.9. The van der Waals surface area contributed by atoms with Gasteiger partial charge in [0, 0.05) is 13.2 Å². The Morgan fingerprint density at radius 2 is 2.24 bits per heavy atom. The summed E-state index contributed by atoms with van der Waals surface area (Å²) in [6.07, 6.45) is 1.98. The number of hydrogen-bond acceptors (Lipinski definition) is 5. The zero-order valence-electron chi connectivity index (χ0n) is 9.55. The van der Waals surface area contributed by atoms with E-state index in [1.807, 2.05) is 0 Å². The fourth-order valence-electron chi connectivity index (χ4n) is 1.98. The highest BCUT2D eigenvalue weighted by molar-refractivity contribution is 5.74. The predicted octanol–water partition coefficient (Wildman–Crippen LogP) is 1.77. The molecule has 0 unspecified atom stereocenters. The van der Waals surface area contributed by atoms with E-state index in [1.54, 1.807) is 19.2 Å². The van der Waals surface area contributed by atoms with E-state index in [0.717, 1.165) is 12.8 Å². The number of nitrogens with zero attached hydrogens (tertiary/aromatic N) is 1. The standard InChI is InChI=1S/C11H15N3O3/c1-17-8-5-7(6-8)13-10-4-2-3-9(12)11(10)14(15)16/h2-4,7-8,13H,5-6,12H2,1H3. The third-order valence-electron chi connectivity index (χ3n) is 3.04. The lowest BCUT2D eigenvalue weighted by Gasteiger charge is -2.35. The van der Waals surface area contributed by atoms with Crippen LogP contribution in [0.2, 0.25) is 0 Å². The number of rotatable bonds is 4. The van der Waals surface area contributed by atoms with E-state index in [2.05, 4.69) is 5.32 Å². The summed E-state index contributed by atoms with van der Waals surface area (Å²) < 4.78 is 5.16. The molecule has 3 N–H and O–H groups in total. The molecule has 6 heteroatoms. The first-order valence-electron chi connectivity index (χ1n) is 5.44. The second-order valence-electron chi connectivity index (χ2n) is 4.17. The molecule has 0 aliphatic heterocycles. The van der Waals surface area contributed by atoms with E-state index < -0.39 is 4.92 Å². The molecule has 0 aromatic heterocycles. The molecule has 1 saturated carbocycles. The molecule has 92 valence electrons. The largest absolute Gasteiger partial charge is 0.393 e. The van der Waals surface area contributed by atoms with Crippen molar-refractivity contribution in [1.82, 2.24) is 0 Å². The fourth-order valence-corrected chi connectivity index (χ4v) is 1.98. The Bertz CT molecular complexity index is 430. The van der Waals surface area contributed by atoms with Crippen molar-refractivity contribution >= 4 is 17.1 Å². The van der Waals surface area contributed by atoms with Gasteiger partial charge in [-0.15, -0.1) is 0 Å². The Morgan fingerprint density at radius 3 is 2.82 bits per heavy atom. The highest BCUT2D eigenvalue weighted by atomic mass is 16.6. The van der Waals surface area contributed by atoms with Gasteiger partial charge in [0.05, 0.1) is 11.0 Å². The topological polar surface area (TPSA) is 90.4 Å². The van der Waals surface area contributed by atoms with Gasteiger partial charge in [-0.1, -0.05) is 6.07 Å². The highest BCUT2D eigenvalue weighted by Gasteiger charge is 2.30. The maximum Gasteiger partial charge on any atom is 0.314 e. The molecule has 1 aliphatic rings. The average molecular weight is 237 g/mol. The van der Waals surface area contributed by atoms with Gasteiger partial charge >= 0.3 is 5.69 Å². The number of ether oxygens (including phenoxy) is 1. The zero-order chi connectivity index (χ0) is 12.4. The maximum absolute atomic E-state index is 10.9. The van der Waals surface area contributed by atoms with E-state index in [4.69, 9.17) is 10.5 Å². The Balaban J connectivity index is 2.11. The van der Waals surface area contributed by atoms with Gasteiger partial charge in [0.1, 0.15) is 11.4 Å². The molecule has 0 bridgehead atoms. The molecule has 1 aromatic rings. The predicted molar refractivity (Wildman–Crippen MR) is 65.0 cm³/mol. The molecule has 2 rings (SSSR count). The molecule has 1 fully saturated rings. The maximum atomic E-state index is 10.9. The van der Waals surface area contributed by atoms with Gasteiger partial charge in [-0.2, -0.15) is 0 Å². The molecule has 17 heavy (non-hydrogen) atoms. The smallest absolute Gasteiger partial charge is 0.314 e. The summed E-state index contributed by atoms with van der Waals surface area (Å²) in [5.74, 6) is 0. The molecule has 0 radical (unpaired) electrons. The van der Waals surface area contributed by atoms with Crippen LogP contribution in [0.25, 0.3) is 0 Å². The van der Waals surface area contributed by atoms with Crippen molar-refractivity contribution < 1.29 is 9.66 Å². The Morgan fingerprint density at radius 1 is 1.53 bits per heavy atom. The van der Waals surface area contributed by atoms with E-state index in [9.17, 15) is 10.1 Å². The van der Waals surface area contributed by atoms with Gasteiger partial charge in [0.2, 0.25) is 0 Å². The van der Waals surface area contributed by atoms with E-state index in [-0.39, 0.29) is 23.5 Å². The minimum absolute atomic E-state index is 0.0478. The zero-order valence-corrected chi connectivity index (χ0v) is 9.55. The number of nitro benzene ring substituents is 1. The highest BCUT2D eigenvalue weighted by Crippen LogP contribution is 2.34. The van der Waals surface area contributed by atoms with Crippen molar-refractivity contribution in [2.75, 3.05) is 18.2 Å². The summed E-state index contributed by atoms with van der Waals surface area (Å²) in [4.78, 5) is 10.5. The molecule has 1 aliphatic carbocycles. The lowest BCUT2D eigenvalue weighted by Crippen LogP contribution is -2.40. The van der Waals surface area contributed by atoms with E-state index in [1.165, 1.54) is 6.07 Å². The minimum Gasteiger partial charge on any atom is -0.393 e. The van der Waals surface area contributed by atoms with Gasteiger partial charge in [-0.3, -0.25) is 10.1 Å². The van der Waals surface area contributed by atoms with Crippen LogP contribution in [0.5, 0.6) is 0 Å². The fraction of sp³-hybridized carbons (Fsp3) is 0.455. The summed E-state index contributed by atoms with van der Waals surface area (Å²) in [6.45, 7) is 0. The molecular weight excluding hydrogens is 222 g/mol. The number of nitrogens with two attached hydrogens (primary N) is 1. The number of methoxy groups -OCH3 is 1. The summed E-state index contributed by atoms with van der Waals surface area (Å²) in [5.41, 5.74) is 6.22. The van der Waals surface area contributed by atoms with Gasteiger partial charge in [0.25, 0.3) is 0 Å². The SMILES string of the molecule is COC1CC(Nc2cccc(N)c2[N+](=O)[O-])C1. The first-order valence-corrected chi connectivity index (χ1v) is 5.44. The summed E-state index contributed by atoms with van der Waals surface area (Å²) in [6, 6.07) is 5.13. The number of nitrogens with one attached hydrogen (secondary N) is 1. The first-order chi connectivity index (χ1) is 8.11. The van der Waals surface area contributed by atoms with Crippen LogP contribution in [0, 0.1) is 10.1 Å². The van der Waals surface area contributed by atoms with Crippen LogP contribution in [0.15, 0.2) is 18.2 Å². The minimum atomic E-state index is -0.454.